The Morgan fingerprint density at radius 3 is 2.74 bits per heavy atom. The second-order valence-electron chi connectivity index (χ2n) is 7.34. The van der Waals surface area contributed by atoms with Crippen LogP contribution in [0.2, 0.25) is 0 Å². The number of anilines is 1. The van der Waals surface area contributed by atoms with Crippen LogP contribution in [0.4, 0.5) is 10.5 Å². The van der Waals surface area contributed by atoms with Crippen LogP contribution < -0.4 is 10.1 Å². The van der Waals surface area contributed by atoms with Gasteiger partial charge in [0.1, 0.15) is 11.8 Å². The van der Waals surface area contributed by atoms with Gasteiger partial charge in [-0.15, -0.1) is 11.3 Å². The van der Waals surface area contributed by atoms with Crippen LogP contribution in [0.1, 0.15) is 29.1 Å². The van der Waals surface area contributed by atoms with Gasteiger partial charge in [-0.1, -0.05) is 36.4 Å². The van der Waals surface area contributed by atoms with Crippen LogP contribution in [0.15, 0.2) is 84.4 Å². The average Bonchev–Trinajstić information content (AvgIpc) is 3.46. The number of nitrogens with zero attached hydrogens (tertiary/aromatic N) is 2. The summed E-state index contributed by atoms with van der Waals surface area (Å²) in [5, 5.41) is 5.15. The summed E-state index contributed by atoms with van der Waals surface area (Å²) in [6.07, 6.45) is 2.07. The van der Waals surface area contributed by atoms with Crippen molar-refractivity contribution >= 4 is 23.1 Å². The first-order chi connectivity index (χ1) is 15.3. The second kappa shape index (κ2) is 8.32. The van der Waals surface area contributed by atoms with Crippen LogP contribution in [-0.4, -0.2) is 22.1 Å². The van der Waals surface area contributed by atoms with Gasteiger partial charge in [0.25, 0.3) is 0 Å². The maximum atomic E-state index is 13.7. The molecule has 1 N–H and O–H groups in total. The molecule has 5 rings (SSSR count). The summed E-state index contributed by atoms with van der Waals surface area (Å²) in [4.78, 5) is 16.7. The fraction of sp³-hybridized carbons (Fsp3) is 0.160. The largest absolute Gasteiger partial charge is 0.492 e. The molecule has 3 heterocycles. The Hall–Kier alpha value is -3.51. The predicted octanol–water partition coefficient (Wildman–Crippen LogP) is 6.07. The molecule has 0 spiro atoms. The summed E-state index contributed by atoms with van der Waals surface area (Å²) in [5.74, 6) is 0.671. The van der Waals surface area contributed by atoms with E-state index in [0.29, 0.717) is 24.6 Å². The Kier molecular flexibility index (Phi) is 5.22. The molecule has 156 valence electrons. The third kappa shape index (κ3) is 3.59. The van der Waals surface area contributed by atoms with Crippen molar-refractivity contribution in [3.05, 3.63) is 101 Å². The van der Waals surface area contributed by atoms with E-state index in [1.165, 1.54) is 0 Å². The molecule has 1 aliphatic heterocycles. The van der Waals surface area contributed by atoms with E-state index >= 15 is 0 Å². The first kappa shape index (κ1) is 19.5. The number of para-hydroxylation sites is 3. The lowest BCUT2D eigenvalue weighted by Gasteiger charge is -2.30. The van der Waals surface area contributed by atoms with Gasteiger partial charge in [-0.05, 0) is 54.3 Å². The summed E-state index contributed by atoms with van der Waals surface area (Å²) < 4.78 is 7.91. The van der Waals surface area contributed by atoms with Crippen molar-refractivity contribution in [2.45, 2.75) is 19.5 Å². The molecule has 0 fully saturated rings. The molecule has 4 aromatic rings. The highest BCUT2D eigenvalue weighted by Crippen LogP contribution is 2.38. The number of aromatic nitrogens is 1. The molecule has 0 saturated carbocycles. The maximum Gasteiger partial charge on any atom is 0.323 e. The van der Waals surface area contributed by atoms with E-state index in [0.717, 1.165) is 21.8 Å². The number of benzene rings is 2. The van der Waals surface area contributed by atoms with Gasteiger partial charge in [0.2, 0.25) is 0 Å². The third-order valence-corrected chi connectivity index (χ3v) is 6.39. The van der Waals surface area contributed by atoms with Gasteiger partial charge in [-0.2, -0.15) is 0 Å². The van der Waals surface area contributed by atoms with Crippen LogP contribution in [-0.2, 0) is 6.54 Å². The van der Waals surface area contributed by atoms with E-state index in [1.807, 2.05) is 60.4 Å². The molecule has 1 atom stereocenters. The van der Waals surface area contributed by atoms with E-state index in [4.69, 9.17) is 4.74 Å². The quantitative estimate of drug-likeness (QED) is 0.428. The van der Waals surface area contributed by atoms with E-state index in [1.54, 1.807) is 11.3 Å². The molecule has 5 nitrogen and oxygen atoms in total. The fourth-order valence-corrected chi connectivity index (χ4v) is 4.97. The normalized spacial score (nSPS) is 15.0. The Labute approximate surface area is 185 Å². The van der Waals surface area contributed by atoms with Crippen molar-refractivity contribution in [2.75, 3.05) is 11.9 Å². The molecular weight excluding hydrogens is 406 g/mol. The van der Waals surface area contributed by atoms with Gasteiger partial charge in [0.05, 0.1) is 30.2 Å². The van der Waals surface area contributed by atoms with Gasteiger partial charge in [-0.25, -0.2) is 4.79 Å². The minimum absolute atomic E-state index is 0.157. The van der Waals surface area contributed by atoms with E-state index in [9.17, 15) is 4.79 Å². The van der Waals surface area contributed by atoms with Crippen molar-refractivity contribution in [3.63, 3.8) is 0 Å². The second-order valence-corrected chi connectivity index (χ2v) is 8.32. The molecule has 31 heavy (non-hydrogen) atoms. The summed E-state index contributed by atoms with van der Waals surface area (Å²) in [6.45, 7) is 2.98. The van der Waals surface area contributed by atoms with Crippen LogP contribution in [0, 0.1) is 0 Å². The summed E-state index contributed by atoms with van der Waals surface area (Å²) in [5.41, 5.74) is 3.95. The molecule has 2 aromatic heterocycles. The van der Waals surface area contributed by atoms with Gasteiger partial charge in [0.15, 0.2) is 0 Å². The van der Waals surface area contributed by atoms with Crippen molar-refractivity contribution < 1.29 is 9.53 Å². The van der Waals surface area contributed by atoms with E-state index in [2.05, 4.69) is 45.7 Å². The minimum Gasteiger partial charge on any atom is -0.492 e. The number of carbonyl (C=O) groups excluding carboxylic acids is 1. The first-order valence-corrected chi connectivity index (χ1v) is 11.2. The van der Waals surface area contributed by atoms with Crippen LogP contribution in [0.25, 0.3) is 5.69 Å². The Morgan fingerprint density at radius 1 is 1.06 bits per heavy atom. The van der Waals surface area contributed by atoms with Gasteiger partial charge in [-0.3, -0.25) is 0 Å². The smallest absolute Gasteiger partial charge is 0.323 e. The summed E-state index contributed by atoms with van der Waals surface area (Å²) in [7, 11) is 0. The summed E-state index contributed by atoms with van der Waals surface area (Å²) in [6, 6.07) is 23.7. The Morgan fingerprint density at radius 2 is 1.90 bits per heavy atom. The zero-order valence-electron chi connectivity index (χ0n) is 17.2. The SMILES string of the molecule is CCOc1ccccc1NC(=O)N1Cc2ccccc2-n2cccc2C1c1cccs1. The molecule has 0 radical (unpaired) electrons. The molecule has 2 aromatic carbocycles. The molecule has 0 saturated heterocycles. The van der Waals surface area contributed by atoms with Crippen LogP contribution >= 0.6 is 11.3 Å². The van der Waals surface area contributed by atoms with E-state index in [-0.39, 0.29) is 12.1 Å². The monoisotopic (exact) mass is 429 g/mol. The average molecular weight is 430 g/mol. The molecule has 0 bridgehead atoms. The first-order valence-electron chi connectivity index (χ1n) is 10.3. The highest BCUT2D eigenvalue weighted by atomic mass is 32.1. The maximum absolute atomic E-state index is 13.7. The third-order valence-electron chi connectivity index (χ3n) is 5.47. The standard InChI is InChI=1S/C25H23N3O2S/c1-2-30-22-13-6-4-10-19(22)26-25(29)28-17-18-9-3-5-11-20(18)27-15-7-12-21(27)24(28)23-14-8-16-31-23/h3-16,24H,2,17H2,1H3,(H,26,29). The number of amides is 2. The van der Waals surface area contributed by atoms with Gasteiger partial charge < -0.3 is 19.5 Å². The number of ether oxygens (including phenoxy) is 1. The molecule has 6 heteroatoms. The zero-order chi connectivity index (χ0) is 21.2. The lowest BCUT2D eigenvalue weighted by molar-refractivity contribution is 0.195. The Balaban J connectivity index is 1.59. The van der Waals surface area contributed by atoms with Crippen LogP contribution in [0.5, 0.6) is 5.75 Å². The molecule has 2 amide bonds. The van der Waals surface area contributed by atoms with Gasteiger partial charge >= 0.3 is 6.03 Å². The number of hydrogen-bond acceptors (Lipinski definition) is 3. The molecule has 1 aliphatic rings. The van der Waals surface area contributed by atoms with Crippen molar-refractivity contribution in [1.29, 1.82) is 0 Å². The number of hydrogen-bond donors (Lipinski definition) is 1. The Bertz CT molecular complexity index is 1200. The lowest BCUT2D eigenvalue weighted by atomic mass is 10.1. The van der Waals surface area contributed by atoms with E-state index < -0.39 is 0 Å². The molecule has 1 unspecified atom stereocenters. The number of fused-ring (bicyclic) bond motifs is 3. The highest BCUT2D eigenvalue weighted by Gasteiger charge is 2.33. The topological polar surface area (TPSA) is 46.5 Å². The van der Waals surface area contributed by atoms with Crippen molar-refractivity contribution in [1.82, 2.24) is 9.47 Å². The predicted molar refractivity (Wildman–Crippen MR) is 124 cm³/mol. The van der Waals surface area contributed by atoms with Crippen molar-refractivity contribution in [2.24, 2.45) is 0 Å². The number of thiophene rings is 1. The summed E-state index contributed by atoms with van der Waals surface area (Å²) >= 11 is 1.66. The van der Waals surface area contributed by atoms with Gasteiger partial charge in [0, 0.05) is 11.1 Å². The molecule has 0 aliphatic carbocycles. The van der Waals surface area contributed by atoms with Crippen molar-refractivity contribution in [3.8, 4) is 11.4 Å². The zero-order valence-corrected chi connectivity index (χ0v) is 18.0. The number of carbonyl (C=O) groups is 1. The van der Waals surface area contributed by atoms with Crippen LogP contribution in [0.3, 0.4) is 0 Å². The molecular formula is C25H23N3O2S. The number of urea groups is 1. The highest BCUT2D eigenvalue weighted by molar-refractivity contribution is 7.10. The lowest BCUT2D eigenvalue weighted by Crippen LogP contribution is -2.37. The number of nitrogens with one attached hydrogen (secondary N) is 1. The number of rotatable bonds is 4. The minimum atomic E-state index is -0.193. The fourth-order valence-electron chi connectivity index (χ4n) is 4.12.